The van der Waals surface area contributed by atoms with Crippen molar-refractivity contribution in [2.24, 2.45) is 0 Å². The summed E-state index contributed by atoms with van der Waals surface area (Å²) in [6.45, 7) is 0. The van der Waals surface area contributed by atoms with Crippen molar-refractivity contribution in [2.75, 3.05) is 0 Å². The highest BCUT2D eigenvalue weighted by Gasteiger charge is 2.18. The van der Waals surface area contributed by atoms with Crippen LogP contribution in [0.25, 0.3) is 72.8 Å². The van der Waals surface area contributed by atoms with Gasteiger partial charge in [0, 0.05) is 51.1 Å². The number of nitrogens with zero attached hydrogens (tertiary/aromatic N) is 5. The monoisotopic (exact) mass is 551 g/mol. The Balaban J connectivity index is 1.36. The van der Waals surface area contributed by atoms with E-state index in [1.165, 1.54) is 0 Å². The summed E-state index contributed by atoms with van der Waals surface area (Å²) in [6.07, 6.45) is 3.93. The summed E-state index contributed by atoms with van der Waals surface area (Å²) in [6, 6.07) is 47.5. The van der Waals surface area contributed by atoms with Gasteiger partial charge in [0.25, 0.3) is 0 Å². The van der Waals surface area contributed by atoms with Crippen LogP contribution in [-0.2, 0) is 0 Å². The first-order chi connectivity index (χ1) is 21.3. The Kier molecular flexibility index (Phi) is 6.05. The van der Waals surface area contributed by atoms with Crippen molar-refractivity contribution < 1.29 is 0 Å². The predicted octanol–water partition coefficient (Wildman–Crippen LogP) is 9.03. The van der Waals surface area contributed by atoms with Gasteiger partial charge in [0.2, 0.25) is 0 Å². The summed E-state index contributed by atoms with van der Waals surface area (Å²) < 4.78 is 2.33. The molecule has 0 amide bonds. The number of hydrogen-bond donors (Lipinski definition) is 0. The summed E-state index contributed by atoms with van der Waals surface area (Å²) >= 11 is 0. The van der Waals surface area contributed by atoms with Crippen molar-refractivity contribution in [2.45, 2.75) is 0 Å². The zero-order chi connectivity index (χ0) is 28.6. The van der Waals surface area contributed by atoms with E-state index in [-0.39, 0.29) is 0 Å². The van der Waals surface area contributed by atoms with Gasteiger partial charge in [0.1, 0.15) is 0 Å². The minimum atomic E-state index is 0.625. The first kappa shape index (κ1) is 24.8. The quantitative estimate of drug-likeness (QED) is 0.214. The zero-order valence-electron chi connectivity index (χ0n) is 23.2. The molecule has 0 fully saturated rings. The topological polar surface area (TPSA) is 56.5 Å². The average molecular weight is 552 g/mol. The number of aromatic nitrogens is 5. The van der Waals surface area contributed by atoms with Crippen LogP contribution in [0.15, 0.2) is 152 Å². The van der Waals surface area contributed by atoms with Gasteiger partial charge >= 0.3 is 0 Å². The maximum atomic E-state index is 4.97. The van der Waals surface area contributed by atoms with Crippen LogP contribution in [0.1, 0.15) is 0 Å². The molecule has 0 saturated heterocycles. The van der Waals surface area contributed by atoms with Crippen LogP contribution in [0.5, 0.6) is 0 Å². The fourth-order valence-electron chi connectivity index (χ4n) is 5.73. The molecule has 8 rings (SSSR count). The minimum absolute atomic E-state index is 0.625. The third-order valence-electron chi connectivity index (χ3n) is 7.72. The molecule has 0 spiro atoms. The Labute approximate surface area is 248 Å². The maximum Gasteiger partial charge on any atom is 0.164 e. The summed E-state index contributed by atoms with van der Waals surface area (Å²) in [5, 5.41) is 2.27. The summed E-state index contributed by atoms with van der Waals surface area (Å²) in [7, 11) is 0. The first-order valence-corrected chi connectivity index (χ1v) is 14.2. The molecule has 0 bridgehead atoms. The Morgan fingerprint density at radius 1 is 0.419 bits per heavy atom. The average Bonchev–Trinajstić information content (AvgIpc) is 3.44. The van der Waals surface area contributed by atoms with Crippen LogP contribution in [0, 0.1) is 0 Å². The number of para-hydroxylation sites is 1. The fraction of sp³-hybridized carbons (Fsp3) is 0. The lowest BCUT2D eigenvalue weighted by molar-refractivity contribution is 1.07. The van der Waals surface area contributed by atoms with E-state index >= 15 is 0 Å². The van der Waals surface area contributed by atoms with Crippen LogP contribution < -0.4 is 0 Å². The lowest BCUT2D eigenvalue weighted by atomic mass is 10.0. The third kappa shape index (κ3) is 4.44. The van der Waals surface area contributed by atoms with Gasteiger partial charge < -0.3 is 4.57 Å². The number of benzene rings is 5. The number of rotatable bonds is 5. The van der Waals surface area contributed by atoms with E-state index in [1.807, 2.05) is 79.1 Å². The second-order valence-corrected chi connectivity index (χ2v) is 10.4. The Morgan fingerprint density at radius 2 is 0.953 bits per heavy atom. The van der Waals surface area contributed by atoms with E-state index in [0.717, 1.165) is 55.3 Å². The molecule has 202 valence electrons. The zero-order valence-corrected chi connectivity index (χ0v) is 23.2. The van der Waals surface area contributed by atoms with Crippen molar-refractivity contribution in [3.63, 3.8) is 0 Å². The molecule has 0 atom stereocenters. The summed E-state index contributed by atoms with van der Waals surface area (Å²) in [5.74, 6) is 1.91. The molecule has 5 aromatic carbocycles. The van der Waals surface area contributed by atoms with E-state index in [9.17, 15) is 0 Å². The highest BCUT2D eigenvalue weighted by molar-refractivity contribution is 6.13. The van der Waals surface area contributed by atoms with Gasteiger partial charge in [0.05, 0.1) is 11.0 Å². The van der Waals surface area contributed by atoms with Crippen molar-refractivity contribution in [1.82, 2.24) is 24.5 Å². The molecule has 5 heteroatoms. The van der Waals surface area contributed by atoms with Crippen molar-refractivity contribution in [1.29, 1.82) is 0 Å². The molecule has 43 heavy (non-hydrogen) atoms. The van der Waals surface area contributed by atoms with E-state index in [0.29, 0.717) is 17.5 Å². The fourth-order valence-corrected chi connectivity index (χ4v) is 5.73. The smallest absolute Gasteiger partial charge is 0.164 e. The standard InChI is InChI=1S/C38H25N5/c1-4-13-26(14-5-1)32-24-39-25-33-31-21-10-11-22-34(31)43(35(32)33)30-20-12-19-29(23-30)38-41-36(27-15-6-2-7-16-27)40-37(42-38)28-17-8-3-9-18-28/h1-25H. The Bertz CT molecular complexity index is 2170. The van der Waals surface area contributed by atoms with E-state index in [4.69, 9.17) is 15.0 Å². The Hall–Kier alpha value is -5.94. The largest absolute Gasteiger partial charge is 0.308 e. The maximum absolute atomic E-state index is 4.97. The normalized spacial score (nSPS) is 11.3. The predicted molar refractivity (Wildman–Crippen MR) is 174 cm³/mol. The summed E-state index contributed by atoms with van der Waals surface area (Å²) in [4.78, 5) is 19.5. The lowest BCUT2D eigenvalue weighted by Crippen LogP contribution is -2.01. The number of hydrogen-bond acceptors (Lipinski definition) is 4. The van der Waals surface area contributed by atoms with Crippen molar-refractivity contribution in [3.8, 4) is 51.0 Å². The molecule has 3 heterocycles. The van der Waals surface area contributed by atoms with Gasteiger partial charge in [-0.1, -0.05) is 121 Å². The minimum Gasteiger partial charge on any atom is -0.308 e. The molecule has 0 unspecified atom stereocenters. The molecule has 3 aromatic heterocycles. The molecule has 0 aliphatic carbocycles. The van der Waals surface area contributed by atoms with Crippen LogP contribution in [-0.4, -0.2) is 24.5 Å². The second kappa shape index (κ2) is 10.5. The molecule has 0 N–H and O–H groups in total. The van der Waals surface area contributed by atoms with Gasteiger partial charge in [-0.3, -0.25) is 4.98 Å². The van der Waals surface area contributed by atoms with Gasteiger partial charge in [0.15, 0.2) is 17.5 Å². The number of pyridine rings is 1. The molecule has 0 aliphatic rings. The van der Waals surface area contributed by atoms with Gasteiger partial charge in [-0.15, -0.1) is 0 Å². The van der Waals surface area contributed by atoms with Crippen LogP contribution in [0.4, 0.5) is 0 Å². The first-order valence-electron chi connectivity index (χ1n) is 14.2. The Morgan fingerprint density at radius 3 is 1.60 bits per heavy atom. The molecule has 0 saturated carbocycles. The van der Waals surface area contributed by atoms with Gasteiger partial charge in [-0.25, -0.2) is 15.0 Å². The highest BCUT2D eigenvalue weighted by atomic mass is 15.0. The van der Waals surface area contributed by atoms with Crippen molar-refractivity contribution in [3.05, 3.63) is 152 Å². The van der Waals surface area contributed by atoms with Gasteiger partial charge in [-0.2, -0.15) is 0 Å². The molecular weight excluding hydrogens is 526 g/mol. The van der Waals surface area contributed by atoms with E-state index in [2.05, 4.69) is 82.3 Å². The van der Waals surface area contributed by atoms with Crippen LogP contribution in [0.2, 0.25) is 0 Å². The van der Waals surface area contributed by atoms with Crippen LogP contribution in [0.3, 0.4) is 0 Å². The lowest BCUT2D eigenvalue weighted by Gasteiger charge is -2.13. The molecule has 8 aromatic rings. The van der Waals surface area contributed by atoms with Gasteiger partial charge in [-0.05, 0) is 23.8 Å². The van der Waals surface area contributed by atoms with Crippen LogP contribution >= 0.6 is 0 Å². The SMILES string of the molecule is c1ccc(-c2nc(-c3ccccc3)nc(-c3cccc(-n4c5ccccc5c5cncc(-c6ccccc6)c54)c3)n2)cc1. The summed E-state index contributed by atoms with van der Waals surface area (Å²) in [5.41, 5.74) is 8.26. The third-order valence-corrected chi connectivity index (χ3v) is 7.72. The van der Waals surface area contributed by atoms with Crippen molar-refractivity contribution >= 4 is 21.8 Å². The number of fused-ring (bicyclic) bond motifs is 3. The molecule has 5 nitrogen and oxygen atoms in total. The molecular formula is C38H25N5. The second-order valence-electron chi connectivity index (χ2n) is 10.4. The molecule has 0 aliphatic heterocycles. The highest BCUT2D eigenvalue weighted by Crippen LogP contribution is 2.38. The van der Waals surface area contributed by atoms with E-state index in [1.54, 1.807) is 0 Å². The van der Waals surface area contributed by atoms with E-state index < -0.39 is 0 Å². The molecule has 0 radical (unpaired) electrons.